The van der Waals surface area contributed by atoms with Crippen molar-refractivity contribution in [2.24, 2.45) is 0 Å². The fourth-order valence-corrected chi connectivity index (χ4v) is 1.78. The molecule has 1 N–H and O–H groups in total. The van der Waals surface area contributed by atoms with Gasteiger partial charge in [0, 0.05) is 12.6 Å². The van der Waals surface area contributed by atoms with E-state index in [1.165, 1.54) is 0 Å². The lowest BCUT2D eigenvalue weighted by molar-refractivity contribution is 0.174. The number of nitrogens with one attached hydrogen (secondary N) is 1. The van der Waals surface area contributed by atoms with Crippen LogP contribution in [0.1, 0.15) is 5.56 Å². The van der Waals surface area contributed by atoms with Crippen molar-refractivity contribution in [1.82, 2.24) is 4.98 Å². The van der Waals surface area contributed by atoms with Gasteiger partial charge in [0.2, 0.25) is 6.79 Å². The molecule has 1 aromatic heterocycles. The number of pyridine rings is 1. The molecule has 1 aliphatic rings. The lowest BCUT2D eigenvalue weighted by atomic mass is 10.2. The number of hydrogen-bond acceptors (Lipinski definition) is 4. The first-order valence-corrected chi connectivity index (χ1v) is 5.66. The fourth-order valence-electron chi connectivity index (χ4n) is 1.78. The van der Waals surface area contributed by atoms with Crippen LogP contribution in [0.3, 0.4) is 0 Å². The molecule has 0 radical (unpaired) electrons. The third kappa shape index (κ3) is 2.42. The van der Waals surface area contributed by atoms with E-state index in [9.17, 15) is 8.78 Å². The van der Waals surface area contributed by atoms with Crippen molar-refractivity contribution < 1.29 is 18.3 Å². The quantitative estimate of drug-likeness (QED) is 0.925. The second-order valence-corrected chi connectivity index (χ2v) is 4.03. The van der Waals surface area contributed by atoms with Crippen LogP contribution in [0.5, 0.6) is 11.5 Å². The predicted octanol–water partition coefficient (Wildman–Crippen LogP) is 2.70. The van der Waals surface area contributed by atoms with Crippen LogP contribution in [0.4, 0.5) is 14.6 Å². The van der Waals surface area contributed by atoms with Gasteiger partial charge in [-0.15, -0.1) is 0 Å². The minimum Gasteiger partial charge on any atom is -0.454 e. The van der Waals surface area contributed by atoms with E-state index in [-0.39, 0.29) is 12.6 Å². The minimum absolute atomic E-state index is 0.0130. The fraction of sp³-hybridized carbons (Fsp3) is 0.154. The Hall–Kier alpha value is -2.37. The van der Waals surface area contributed by atoms with Gasteiger partial charge in [0.1, 0.15) is 5.82 Å². The summed E-state index contributed by atoms with van der Waals surface area (Å²) in [6.45, 7) is 0.562. The Bertz CT molecular complexity index is 620. The van der Waals surface area contributed by atoms with Crippen LogP contribution in [-0.4, -0.2) is 11.8 Å². The van der Waals surface area contributed by atoms with E-state index < -0.39 is 11.6 Å². The van der Waals surface area contributed by atoms with E-state index in [0.29, 0.717) is 18.0 Å². The molecular formula is C13H10F2N2O2. The number of nitrogens with zero attached hydrogens (tertiary/aromatic N) is 1. The summed E-state index contributed by atoms with van der Waals surface area (Å²) in [5.74, 6) is -0.0624. The molecule has 0 saturated heterocycles. The average molecular weight is 264 g/mol. The normalized spacial score (nSPS) is 12.5. The van der Waals surface area contributed by atoms with E-state index in [1.54, 1.807) is 12.1 Å². The van der Waals surface area contributed by atoms with Crippen LogP contribution in [0.2, 0.25) is 0 Å². The van der Waals surface area contributed by atoms with Gasteiger partial charge in [0.05, 0.1) is 6.20 Å². The first kappa shape index (κ1) is 11.7. The maximum atomic E-state index is 13.4. The molecule has 0 unspecified atom stereocenters. The maximum absolute atomic E-state index is 13.4. The number of aromatic nitrogens is 1. The molecule has 2 aromatic rings. The van der Waals surface area contributed by atoms with Gasteiger partial charge < -0.3 is 14.8 Å². The van der Waals surface area contributed by atoms with Crippen molar-refractivity contribution in [2.45, 2.75) is 6.54 Å². The second kappa shape index (κ2) is 4.72. The topological polar surface area (TPSA) is 43.4 Å². The van der Waals surface area contributed by atoms with Crippen molar-refractivity contribution in [3.05, 3.63) is 47.7 Å². The number of benzene rings is 1. The lowest BCUT2D eigenvalue weighted by Crippen LogP contribution is -2.04. The molecule has 2 heterocycles. The van der Waals surface area contributed by atoms with Crippen LogP contribution in [-0.2, 0) is 6.54 Å². The zero-order chi connectivity index (χ0) is 13.2. The number of hydrogen-bond donors (Lipinski definition) is 1. The lowest BCUT2D eigenvalue weighted by Gasteiger charge is -2.07. The molecular weight excluding hydrogens is 254 g/mol. The molecule has 4 nitrogen and oxygen atoms in total. The van der Waals surface area contributed by atoms with Crippen molar-refractivity contribution in [3.8, 4) is 11.5 Å². The number of anilines is 1. The minimum atomic E-state index is -0.722. The molecule has 19 heavy (non-hydrogen) atoms. The number of fused-ring (bicyclic) bond motifs is 1. The van der Waals surface area contributed by atoms with Crippen LogP contribution in [0.15, 0.2) is 30.5 Å². The summed E-state index contributed by atoms with van der Waals surface area (Å²) in [5.41, 5.74) is 0.884. The van der Waals surface area contributed by atoms with Crippen LogP contribution in [0.25, 0.3) is 0 Å². The van der Waals surface area contributed by atoms with Crippen molar-refractivity contribution in [2.75, 3.05) is 12.1 Å². The molecule has 0 saturated carbocycles. The zero-order valence-corrected chi connectivity index (χ0v) is 9.82. The molecule has 1 aromatic carbocycles. The van der Waals surface area contributed by atoms with Gasteiger partial charge in [-0.05, 0) is 17.7 Å². The molecule has 0 spiro atoms. The number of halogens is 2. The largest absolute Gasteiger partial charge is 0.454 e. The monoisotopic (exact) mass is 264 g/mol. The Kier molecular flexibility index (Phi) is 2.91. The summed E-state index contributed by atoms with van der Waals surface area (Å²) in [6, 6.07) is 6.21. The van der Waals surface area contributed by atoms with Gasteiger partial charge in [-0.2, -0.15) is 0 Å². The first-order valence-electron chi connectivity index (χ1n) is 5.66. The molecule has 3 rings (SSSR count). The Morgan fingerprint density at radius 2 is 2.00 bits per heavy atom. The zero-order valence-electron chi connectivity index (χ0n) is 9.82. The first-order chi connectivity index (χ1) is 9.22. The Balaban J connectivity index is 1.72. The van der Waals surface area contributed by atoms with Gasteiger partial charge in [-0.25, -0.2) is 13.8 Å². The van der Waals surface area contributed by atoms with Gasteiger partial charge in [0.25, 0.3) is 0 Å². The summed E-state index contributed by atoms with van der Waals surface area (Å²) in [7, 11) is 0. The van der Waals surface area contributed by atoms with Gasteiger partial charge in [-0.3, -0.25) is 0 Å². The molecule has 1 aliphatic heterocycles. The molecule has 6 heteroatoms. The third-order valence-corrected chi connectivity index (χ3v) is 2.70. The van der Waals surface area contributed by atoms with E-state index in [4.69, 9.17) is 9.47 Å². The summed E-state index contributed by atoms with van der Waals surface area (Å²) in [5, 5.41) is 2.80. The molecule has 0 aliphatic carbocycles. The van der Waals surface area contributed by atoms with Gasteiger partial charge in [-0.1, -0.05) is 6.07 Å². The third-order valence-electron chi connectivity index (χ3n) is 2.70. The highest BCUT2D eigenvalue weighted by molar-refractivity contribution is 5.46. The van der Waals surface area contributed by atoms with E-state index in [0.717, 1.165) is 17.8 Å². The SMILES string of the molecule is Fc1cnc(NCc2ccc3c(c2)OCO3)c(F)c1. The average Bonchev–Trinajstić information content (AvgIpc) is 2.85. The highest BCUT2D eigenvalue weighted by atomic mass is 19.1. The van der Waals surface area contributed by atoms with E-state index >= 15 is 0 Å². The highest BCUT2D eigenvalue weighted by Crippen LogP contribution is 2.32. The summed E-state index contributed by atoms with van der Waals surface area (Å²) in [4.78, 5) is 3.65. The number of ether oxygens (including phenoxy) is 2. The molecule has 0 fully saturated rings. The van der Waals surface area contributed by atoms with Gasteiger partial charge >= 0.3 is 0 Å². The van der Waals surface area contributed by atoms with Crippen molar-refractivity contribution >= 4 is 5.82 Å². The Morgan fingerprint density at radius 3 is 2.84 bits per heavy atom. The Morgan fingerprint density at radius 1 is 1.16 bits per heavy atom. The maximum Gasteiger partial charge on any atom is 0.231 e. The molecule has 98 valence electrons. The second-order valence-electron chi connectivity index (χ2n) is 4.03. The molecule has 0 bridgehead atoms. The molecule has 0 amide bonds. The number of rotatable bonds is 3. The summed E-state index contributed by atoms with van der Waals surface area (Å²) in [6.07, 6.45) is 0.963. The van der Waals surface area contributed by atoms with Crippen molar-refractivity contribution in [1.29, 1.82) is 0 Å². The smallest absolute Gasteiger partial charge is 0.231 e. The standard InChI is InChI=1S/C13H10F2N2O2/c14-9-4-10(15)13(17-6-9)16-5-8-1-2-11-12(3-8)19-7-18-11/h1-4,6H,5,7H2,(H,16,17). The van der Waals surface area contributed by atoms with Crippen LogP contribution in [0, 0.1) is 11.6 Å². The van der Waals surface area contributed by atoms with Crippen LogP contribution < -0.4 is 14.8 Å². The molecule has 0 atom stereocenters. The predicted molar refractivity (Wildman–Crippen MR) is 64.0 cm³/mol. The van der Waals surface area contributed by atoms with Crippen LogP contribution >= 0.6 is 0 Å². The Labute approximate surface area is 108 Å². The van der Waals surface area contributed by atoms with Gasteiger partial charge in [0.15, 0.2) is 23.1 Å². The van der Waals surface area contributed by atoms with E-state index in [2.05, 4.69) is 10.3 Å². The van der Waals surface area contributed by atoms with Crippen molar-refractivity contribution in [3.63, 3.8) is 0 Å². The highest BCUT2D eigenvalue weighted by Gasteiger charge is 2.13. The van der Waals surface area contributed by atoms with E-state index in [1.807, 2.05) is 6.07 Å². The summed E-state index contributed by atoms with van der Waals surface area (Å²) >= 11 is 0. The summed E-state index contributed by atoms with van der Waals surface area (Å²) < 4.78 is 36.5.